The van der Waals surface area contributed by atoms with Crippen molar-refractivity contribution in [3.8, 4) is 33.7 Å². The smallest absolute Gasteiger partial charge is 0.227 e. The van der Waals surface area contributed by atoms with Crippen LogP contribution in [0.4, 0.5) is 17.1 Å². The molecule has 2 heterocycles. The Kier molecular flexibility index (Phi) is 7.00. The van der Waals surface area contributed by atoms with E-state index in [0.29, 0.717) is 5.89 Å². The molecule has 0 fully saturated rings. The molecule has 0 spiro atoms. The number of hydrogen-bond donors (Lipinski definition) is 0. The monoisotopic (exact) mass is 670 g/mol. The maximum Gasteiger partial charge on any atom is 0.227 e. The van der Waals surface area contributed by atoms with Gasteiger partial charge in [0.25, 0.3) is 0 Å². The second kappa shape index (κ2) is 12.1. The van der Waals surface area contributed by atoms with E-state index in [4.69, 9.17) is 9.40 Å². The Balaban J connectivity index is 1.10. The van der Waals surface area contributed by atoms with Gasteiger partial charge in [0.1, 0.15) is 5.52 Å². The number of oxazole rings is 1. The van der Waals surface area contributed by atoms with Gasteiger partial charge in [0, 0.05) is 53.7 Å². The van der Waals surface area contributed by atoms with Crippen LogP contribution in [0.25, 0.3) is 75.8 Å². The molecule has 10 aromatic rings. The van der Waals surface area contributed by atoms with Gasteiger partial charge < -0.3 is 9.32 Å². The van der Waals surface area contributed by atoms with Gasteiger partial charge in [0.05, 0.1) is 0 Å². The zero-order chi connectivity index (χ0) is 33.7. The Morgan fingerprint density at radius 3 is 1.75 bits per heavy atom. The van der Waals surface area contributed by atoms with Crippen molar-refractivity contribution in [2.45, 2.75) is 0 Å². The van der Waals surface area contributed by atoms with Gasteiger partial charge in [0.15, 0.2) is 5.58 Å². The van der Waals surface area contributed by atoms with E-state index in [1.54, 1.807) is 0 Å². The lowest BCUT2D eigenvalue weighted by Crippen LogP contribution is -2.09. The first-order valence-corrected chi connectivity index (χ1v) is 17.9. The Labute approximate surface area is 299 Å². The minimum Gasteiger partial charge on any atom is -0.435 e. The second-order valence-electron chi connectivity index (χ2n) is 12.8. The van der Waals surface area contributed by atoms with Crippen LogP contribution in [0.15, 0.2) is 186 Å². The standard InChI is InChI=1S/C47H30N2OS/c1-3-11-31(12-4-1)32-19-23-36(24-20-32)49(38-27-28-41-40-17-9-10-18-43(40)51-44(41)30-38)37-25-21-33(22-26-37)42-29-35-15-7-8-16-39(35)45-46(42)50-47(48-45)34-13-5-2-6-14-34/h1-30H. The minimum absolute atomic E-state index is 0.626. The third-order valence-corrected chi connectivity index (χ3v) is 10.8. The van der Waals surface area contributed by atoms with E-state index in [-0.39, 0.29) is 0 Å². The predicted molar refractivity (Wildman–Crippen MR) is 215 cm³/mol. The molecule has 0 aliphatic heterocycles. The average Bonchev–Trinajstić information content (AvgIpc) is 3.82. The van der Waals surface area contributed by atoms with Crippen LogP contribution in [-0.2, 0) is 0 Å². The highest BCUT2D eigenvalue weighted by Gasteiger charge is 2.19. The molecule has 0 N–H and O–H groups in total. The molecule has 2 aromatic heterocycles. The van der Waals surface area contributed by atoms with E-state index in [1.807, 2.05) is 41.7 Å². The zero-order valence-corrected chi connectivity index (χ0v) is 28.3. The van der Waals surface area contributed by atoms with E-state index in [1.165, 1.54) is 31.3 Å². The zero-order valence-electron chi connectivity index (χ0n) is 27.5. The van der Waals surface area contributed by atoms with Crippen molar-refractivity contribution in [3.05, 3.63) is 182 Å². The summed E-state index contributed by atoms with van der Waals surface area (Å²) < 4.78 is 9.13. The lowest BCUT2D eigenvalue weighted by Gasteiger charge is -2.26. The fraction of sp³-hybridized carbons (Fsp3) is 0. The van der Waals surface area contributed by atoms with Crippen molar-refractivity contribution < 1.29 is 4.42 Å². The molecule has 51 heavy (non-hydrogen) atoms. The summed E-state index contributed by atoms with van der Waals surface area (Å²) in [6, 6.07) is 64.5. The minimum atomic E-state index is 0.626. The Hall–Kier alpha value is -6.49. The van der Waals surface area contributed by atoms with Gasteiger partial charge in [-0.2, -0.15) is 0 Å². The second-order valence-corrected chi connectivity index (χ2v) is 13.9. The predicted octanol–water partition coefficient (Wildman–Crippen LogP) is 13.8. The molecule has 0 amide bonds. The van der Waals surface area contributed by atoms with Gasteiger partial charge in [-0.05, 0) is 82.7 Å². The molecule has 0 saturated heterocycles. The van der Waals surface area contributed by atoms with Crippen molar-refractivity contribution in [1.82, 2.24) is 4.98 Å². The van der Waals surface area contributed by atoms with Gasteiger partial charge >= 0.3 is 0 Å². The number of nitrogens with zero attached hydrogens (tertiary/aromatic N) is 2. The van der Waals surface area contributed by atoms with Crippen molar-refractivity contribution in [1.29, 1.82) is 0 Å². The van der Waals surface area contributed by atoms with Gasteiger partial charge in [-0.15, -0.1) is 11.3 Å². The fourth-order valence-corrected chi connectivity index (χ4v) is 8.33. The molecule has 0 unspecified atom stereocenters. The molecule has 0 bridgehead atoms. The third kappa shape index (κ3) is 5.16. The summed E-state index contributed by atoms with van der Waals surface area (Å²) in [5.41, 5.74) is 10.4. The number of rotatable bonds is 6. The Bertz CT molecular complexity index is 2840. The largest absolute Gasteiger partial charge is 0.435 e. The summed E-state index contributed by atoms with van der Waals surface area (Å²) in [6.07, 6.45) is 0. The van der Waals surface area contributed by atoms with Gasteiger partial charge in [0.2, 0.25) is 5.89 Å². The molecule has 0 aliphatic carbocycles. The van der Waals surface area contributed by atoms with Crippen molar-refractivity contribution in [3.63, 3.8) is 0 Å². The number of benzene rings is 8. The van der Waals surface area contributed by atoms with Crippen molar-refractivity contribution in [2.75, 3.05) is 4.90 Å². The Morgan fingerprint density at radius 2 is 1.00 bits per heavy atom. The fourth-order valence-electron chi connectivity index (χ4n) is 7.19. The number of aromatic nitrogens is 1. The summed E-state index contributed by atoms with van der Waals surface area (Å²) in [7, 11) is 0. The quantitative estimate of drug-likeness (QED) is 0.176. The maximum atomic E-state index is 6.56. The highest BCUT2D eigenvalue weighted by Crippen LogP contribution is 2.43. The maximum absolute atomic E-state index is 6.56. The summed E-state index contributed by atoms with van der Waals surface area (Å²) >= 11 is 1.84. The number of fused-ring (bicyclic) bond motifs is 6. The van der Waals surface area contributed by atoms with Gasteiger partial charge in [-0.1, -0.05) is 121 Å². The van der Waals surface area contributed by atoms with E-state index in [2.05, 4.69) is 157 Å². The lowest BCUT2D eigenvalue weighted by atomic mass is 9.99. The van der Waals surface area contributed by atoms with Crippen molar-refractivity contribution >= 4 is 70.4 Å². The summed E-state index contributed by atoms with van der Waals surface area (Å²) in [6.45, 7) is 0. The topological polar surface area (TPSA) is 29.3 Å². The van der Waals surface area contributed by atoms with Gasteiger partial charge in [-0.25, -0.2) is 4.98 Å². The highest BCUT2D eigenvalue weighted by atomic mass is 32.1. The van der Waals surface area contributed by atoms with E-state index < -0.39 is 0 Å². The molecule has 0 atom stereocenters. The van der Waals surface area contributed by atoms with Crippen LogP contribution in [0.5, 0.6) is 0 Å². The van der Waals surface area contributed by atoms with Crippen LogP contribution >= 0.6 is 11.3 Å². The molecule has 3 nitrogen and oxygen atoms in total. The molecule has 8 aromatic carbocycles. The molecule has 240 valence electrons. The normalized spacial score (nSPS) is 11.5. The number of anilines is 3. The van der Waals surface area contributed by atoms with Crippen molar-refractivity contribution in [2.24, 2.45) is 0 Å². The van der Waals surface area contributed by atoms with Crippen LogP contribution in [0.2, 0.25) is 0 Å². The molecular weight excluding hydrogens is 641 g/mol. The van der Waals surface area contributed by atoms with E-state index in [0.717, 1.165) is 55.6 Å². The first-order valence-electron chi connectivity index (χ1n) is 17.1. The third-order valence-electron chi connectivity index (χ3n) is 9.70. The average molecular weight is 671 g/mol. The van der Waals surface area contributed by atoms with Crippen LogP contribution < -0.4 is 4.90 Å². The van der Waals surface area contributed by atoms with Crippen LogP contribution in [0, 0.1) is 0 Å². The molecular formula is C47H30N2OS. The van der Waals surface area contributed by atoms with E-state index >= 15 is 0 Å². The molecule has 0 aliphatic rings. The number of hydrogen-bond acceptors (Lipinski definition) is 4. The molecule has 0 saturated carbocycles. The van der Waals surface area contributed by atoms with Crippen LogP contribution in [0.1, 0.15) is 0 Å². The first-order chi connectivity index (χ1) is 25.3. The SMILES string of the molecule is c1ccc(-c2ccc(N(c3ccc(-c4cc5ccccc5c5nc(-c6ccccc6)oc45)cc3)c3ccc4c(c3)sc3ccccc34)cc2)cc1. The first kappa shape index (κ1) is 29.4. The highest BCUT2D eigenvalue weighted by molar-refractivity contribution is 7.25. The van der Waals surface area contributed by atoms with Crippen LogP contribution in [-0.4, -0.2) is 4.98 Å². The summed E-state index contributed by atoms with van der Waals surface area (Å²) in [5, 5.41) is 4.81. The lowest BCUT2D eigenvalue weighted by molar-refractivity contribution is 0.621. The molecule has 10 rings (SSSR count). The van der Waals surface area contributed by atoms with Gasteiger partial charge in [-0.3, -0.25) is 0 Å². The summed E-state index contributed by atoms with van der Waals surface area (Å²) in [5.74, 6) is 0.626. The molecule has 4 heteroatoms. The summed E-state index contributed by atoms with van der Waals surface area (Å²) in [4.78, 5) is 7.37. The molecule has 0 radical (unpaired) electrons. The number of thiophene rings is 1. The van der Waals surface area contributed by atoms with Crippen LogP contribution in [0.3, 0.4) is 0 Å². The Morgan fingerprint density at radius 1 is 0.431 bits per heavy atom. The van der Waals surface area contributed by atoms with E-state index in [9.17, 15) is 0 Å².